The molecule has 0 unspecified atom stereocenters. The maximum absolute atomic E-state index is 10.2. The van der Waals surface area contributed by atoms with Gasteiger partial charge in [0.05, 0.1) is 12.1 Å². The normalized spacial score (nSPS) is 11.2. The van der Waals surface area contributed by atoms with Gasteiger partial charge < -0.3 is 15.5 Å². The highest BCUT2D eigenvalue weighted by atomic mass is 127. The van der Waals surface area contributed by atoms with Crippen molar-refractivity contribution in [3.8, 4) is 5.75 Å². The summed E-state index contributed by atoms with van der Waals surface area (Å²) in [4.78, 5) is 6.52. The number of pyridine rings is 1. The number of likely N-dealkylation sites (N-methyl/N-ethyl adjacent to an activating group) is 1. The number of halogens is 1. The number of aromatic nitrogens is 1. The maximum atomic E-state index is 10.2. The molecule has 0 bridgehead atoms. The van der Waals surface area contributed by atoms with Crippen LogP contribution in [0.15, 0.2) is 48.7 Å². The summed E-state index contributed by atoms with van der Waals surface area (Å²) in [5.41, 5.74) is 3.66. The number of benzene rings is 2. The number of nitrogens with zero attached hydrogens (tertiary/aromatic N) is 2. The second kappa shape index (κ2) is 8.66. The molecule has 6 heteroatoms. The average Bonchev–Trinajstić information content (AvgIpc) is 2.64. The van der Waals surface area contributed by atoms with Crippen LogP contribution in [0.3, 0.4) is 0 Å². The monoisotopic (exact) mass is 463 g/mol. The fourth-order valence-electron chi connectivity index (χ4n) is 2.91. The van der Waals surface area contributed by atoms with Gasteiger partial charge in [0.2, 0.25) is 0 Å². The van der Waals surface area contributed by atoms with Crippen molar-refractivity contribution in [1.29, 1.82) is 0 Å². The van der Waals surface area contributed by atoms with Crippen LogP contribution >= 0.6 is 22.6 Å². The molecule has 26 heavy (non-hydrogen) atoms. The molecular formula is C20H22IN3O2. The first-order chi connectivity index (χ1) is 12.6. The molecular weight excluding hydrogens is 441 g/mol. The number of aromatic hydroxyl groups is 1. The van der Waals surface area contributed by atoms with E-state index in [4.69, 9.17) is 5.11 Å². The first kappa shape index (κ1) is 18.9. The largest absolute Gasteiger partial charge is 0.508 e. The molecule has 0 saturated heterocycles. The van der Waals surface area contributed by atoms with Crippen molar-refractivity contribution in [2.75, 3.05) is 25.0 Å². The molecule has 3 rings (SSSR count). The molecule has 0 aliphatic heterocycles. The van der Waals surface area contributed by atoms with Crippen molar-refractivity contribution in [2.45, 2.75) is 13.5 Å². The van der Waals surface area contributed by atoms with Crippen molar-refractivity contribution in [3.05, 3.63) is 57.8 Å². The van der Waals surface area contributed by atoms with E-state index >= 15 is 0 Å². The Morgan fingerprint density at radius 2 is 2.00 bits per heavy atom. The van der Waals surface area contributed by atoms with Crippen molar-refractivity contribution in [1.82, 2.24) is 9.88 Å². The number of hydrogen-bond donors (Lipinski definition) is 3. The van der Waals surface area contributed by atoms with Gasteiger partial charge in [0.15, 0.2) is 0 Å². The number of anilines is 2. The Morgan fingerprint density at radius 1 is 1.15 bits per heavy atom. The molecule has 1 aromatic heterocycles. The highest BCUT2D eigenvalue weighted by Gasteiger charge is 2.09. The number of phenolic OH excluding ortho intramolecular Hbond substituents is 1. The lowest BCUT2D eigenvalue weighted by Crippen LogP contribution is -2.26. The molecule has 5 nitrogen and oxygen atoms in total. The van der Waals surface area contributed by atoms with Gasteiger partial charge in [-0.2, -0.15) is 0 Å². The Hall–Kier alpha value is -1.90. The van der Waals surface area contributed by atoms with E-state index in [1.165, 1.54) is 0 Å². The molecule has 0 aliphatic rings. The summed E-state index contributed by atoms with van der Waals surface area (Å²) in [5, 5.41) is 23.8. The molecule has 0 aliphatic carbocycles. The summed E-state index contributed by atoms with van der Waals surface area (Å²) in [6, 6.07) is 13.6. The van der Waals surface area contributed by atoms with E-state index in [2.05, 4.69) is 56.0 Å². The van der Waals surface area contributed by atoms with Gasteiger partial charge in [-0.15, -0.1) is 0 Å². The lowest BCUT2D eigenvalue weighted by Gasteiger charge is -2.20. The quantitative estimate of drug-likeness (QED) is 0.364. The van der Waals surface area contributed by atoms with E-state index in [0.29, 0.717) is 13.1 Å². The third-order valence-electron chi connectivity index (χ3n) is 4.32. The van der Waals surface area contributed by atoms with Crippen LogP contribution in [0.25, 0.3) is 10.9 Å². The smallest absolute Gasteiger partial charge is 0.120 e. The van der Waals surface area contributed by atoms with Crippen molar-refractivity contribution in [3.63, 3.8) is 0 Å². The van der Waals surface area contributed by atoms with Gasteiger partial charge in [-0.1, -0.05) is 6.92 Å². The molecule has 0 fully saturated rings. The van der Waals surface area contributed by atoms with Crippen LogP contribution in [0.5, 0.6) is 5.75 Å². The summed E-state index contributed by atoms with van der Waals surface area (Å²) in [7, 11) is 0. The molecule has 2 aromatic carbocycles. The number of aliphatic hydroxyl groups is 1. The zero-order chi connectivity index (χ0) is 18.5. The zero-order valence-corrected chi connectivity index (χ0v) is 16.8. The summed E-state index contributed by atoms with van der Waals surface area (Å²) in [5.74, 6) is 0.265. The minimum atomic E-state index is 0.106. The van der Waals surface area contributed by atoms with Gasteiger partial charge in [0, 0.05) is 45.2 Å². The maximum Gasteiger partial charge on any atom is 0.120 e. The molecule has 0 spiro atoms. The van der Waals surface area contributed by atoms with Gasteiger partial charge in [-0.3, -0.25) is 9.88 Å². The Balaban J connectivity index is 1.88. The van der Waals surface area contributed by atoms with E-state index in [0.717, 1.165) is 38.0 Å². The molecule has 0 atom stereocenters. The van der Waals surface area contributed by atoms with E-state index in [1.807, 2.05) is 25.1 Å². The predicted octanol–water partition coefficient (Wildman–Crippen LogP) is 4.10. The topological polar surface area (TPSA) is 68.6 Å². The van der Waals surface area contributed by atoms with Crippen LogP contribution in [0.2, 0.25) is 0 Å². The van der Waals surface area contributed by atoms with Gasteiger partial charge in [0.1, 0.15) is 5.75 Å². The average molecular weight is 463 g/mol. The minimum Gasteiger partial charge on any atom is -0.508 e. The zero-order valence-electron chi connectivity index (χ0n) is 14.6. The van der Waals surface area contributed by atoms with Gasteiger partial charge in [0.25, 0.3) is 0 Å². The van der Waals surface area contributed by atoms with Crippen molar-refractivity contribution >= 4 is 44.9 Å². The Labute approximate surface area is 166 Å². The van der Waals surface area contributed by atoms with E-state index in [9.17, 15) is 5.11 Å². The number of phenols is 1. The third-order valence-corrected chi connectivity index (χ3v) is 4.99. The highest BCUT2D eigenvalue weighted by molar-refractivity contribution is 14.1. The lowest BCUT2D eigenvalue weighted by molar-refractivity contribution is 0.195. The number of hydrogen-bond acceptors (Lipinski definition) is 5. The fourth-order valence-corrected chi connectivity index (χ4v) is 3.38. The van der Waals surface area contributed by atoms with E-state index < -0.39 is 0 Å². The molecule has 0 radical (unpaired) electrons. The standard InChI is InChI=1S/C20H22IN3O2/c1-2-24(9-10-25)13-14-11-16(4-6-20(14)26)23-18-7-8-22-19-12-15(21)3-5-17(18)19/h3-8,11-12,25-26H,2,9-10,13H2,1H3,(H,22,23). The molecule has 3 aromatic rings. The second-order valence-electron chi connectivity index (χ2n) is 6.08. The first-order valence-corrected chi connectivity index (χ1v) is 9.65. The summed E-state index contributed by atoms with van der Waals surface area (Å²) < 4.78 is 1.15. The Morgan fingerprint density at radius 3 is 2.77 bits per heavy atom. The number of rotatable bonds is 7. The van der Waals surface area contributed by atoms with Crippen LogP contribution in [0.1, 0.15) is 12.5 Å². The number of fused-ring (bicyclic) bond motifs is 1. The SMILES string of the molecule is CCN(CCO)Cc1cc(Nc2ccnc3cc(I)ccc23)ccc1O. The van der Waals surface area contributed by atoms with Gasteiger partial charge in [-0.25, -0.2) is 0 Å². The summed E-state index contributed by atoms with van der Waals surface area (Å²) in [6.07, 6.45) is 1.79. The molecule has 0 saturated carbocycles. The Kier molecular flexibility index (Phi) is 6.29. The first-order valence-electron chi connectivity index (χ1n) is 8.57. The number of aliphatic hydroxyl groups excluding tert-OH is 1. The lowest BCUT2D eigenvalue weighted by atomic mass is 10.1. The van der Waals surface area contributed by atoms with Gasteiger partial charge >= 0.3 is 0 Å². The van der Waals surface area contributed by atoms with Crippen LogP contribution in [-0.2, 0) is 6.54 Å². The molecule has 1 heterocycles. The van der Waals surface area contributed by atoms with Crippen molar-refractivity contribution in [2.24, 2.45) is 0 Å². The fraction of sp³-hybridized carbons (Fsp3) is 0.250. The van der Waals surface area contributed by atoms with Crippen molar-refractivity contribution < 1.29 is 10.2 Å². The molecule has 0 amide bonds. The second-order valence-corrected chi connectivity index (χ2v) is 7.33. The van der Waals surface area contributed by atoms with Crippen LogP contribution in [0.4, 0.5) is 11.4 Å². The van der Waals surface area contributed by atoms with Gasteiger partial charge in [-0.05, 0) is 71.6 Å². The Bertz CT molecular complexity index is 901. The summed E-state index contributed by atoms with van der Waals surface area (Å²) in [6.45, 7) is 4.13. The molecule has 136 valence electrons. The summed E-state index contributed by atoms with van der Waals surface area (Å²) >= 11 is 2.28. The van der Waals surface area contributed by atoms with Crippen LogP contribution in [-0.4, -0.2) is 39.8 Å². The highest BCUT2D eigenvalue weighted by Crippen LogP contribution is 2.29. The minimum absolute atomic E-state index is 0.106. The van der Waals surface area contributed by atoms with E-state index in [-0.39, 0.29) is 12.4 Å². The number of nitrogens with one attached hydrogen (secondary N) is 1. The van der Waals surface area contributed by atoms with E-state index in [1.54, 1.807) is 12.3 Å². The van der Waals surface area contributed by atoms with Crippen LogP contribution in [0, 0.1) is 3.57 Å². The van der Waals surface area contributed by atoms with Crippen LogP contribution < -0.4 is 5.32 Å². The predicted molar refractivity (Wildman–Crippen MR) is 114 cm³/mol. The molecule has 3 N–H and O–H groups in total. The third kappa shape index (κ3) is 4.44.